The Hall–Kier alpha value is -3.79. The number of hydrogen-bond acceptors (Lipinski definition) is 5. The SMILES string of the molecule is CCOc1ccc(C(=O)NCCCc2nn(-c3ccccc3)c(N)c2C#N)cc1. The van der Waals surface area contributed by atoms with E-state index in [1.165, 1.54) is 0 Å². The number of aromatic nitrogens is 2. The lowest BCUT2D eigenvalue weighted by Crippen LogP contribution is -2.24. The van der Waals surface area contributed by atoms with Crippen molar-refractivity contribution in [3.05, 3.63) is 71.4 Å². The Bertz CT molecular complexity index is 1000. The molecule has 7 nitrogen and oxygen atoms in total. The van der Waals surface area contributed by atoms with Crippen molar-refractivity contribution >= 4 is 11.7 Å². The second-order valence-electron chi connectivity index (χ2n) is 6.38. The predicted octanol–water partition coefficient (Wildman–Crippen LogP) is 3.09. The van der Waals surface area contributed by atoms with Crippen LogP contribution in [0.15, 0.2) is 54.6 Å². The minimum Gasteiger partial charge on any atom is -0.494 e. The zero-order valence-electron chi connectivity index (χ0n) is 16.3. The third-order valence-electron chi connectivity index (χ3n) is 4.41. The molecule has 0 fully saturated rings. The fourth-order valence-electron chi connectivity index (χ4n) is 2.97. The first-order valence-corrected chi connectivity index (χ1v) is 9.48. The Balaban J connectivity index is 1.58. The van der Waals surface area contributed by atoms with Gasteiger partial charge < -0.3 is 15.8 Å². The van der Waals surface area contributed by atoms with Crippen LogP contribution in [-0.4, -0.2) is 28.8 Å². The highest BCUT2D eigenvalue weighted by molar-refractivity contribution is 5.94. The molecule has 1 amide bonds. The van der Waals surface area contributed by atoms with Gasteiger partial charge in [-0.1, -0.05) is 18.2 Å². The van der Waals surface area contributed by atoms with E-state index >= 15 is 0 Å². The summed E-state index contributed by atoms with van der Waals surface area (Å²) in [6.45, 7) is 2.96. The summed E-state index contributed by atoms with van der Waals surface area (Å²) >= 11 is 0. The molecule has 3 aromatic rings. The van der Waals surface area contributed by atoms with Gasteiger partial charge in [0.1, 0.15) is 23.2 Å². The summed E-state index contributed by atoms with van der Waals surface area (Å²) in [4.78, 5) is 12.2. The van der Waals surface area contributed by atoms with Crippen LogP contribution in [0, 0.1) is 11.3 Å². The van der Waals surface area contributed by atoms with Crippen molar-refractivity contribution in [3.8, 4) is 17.5 Å². The Morgan fingerprint density at radius 1 is 1.21 bits per heavy atom. The number of rotatable bonds is 8. The lowest BCUT2D eigenvalue weighted by atomic mass is 10.1. The number of aryl methyl sites for hydroxylation is 1. The number of carbonyl (C=O) groups excluding carboxylic acids is 1. The molecule has 0 bridgehead atoms. The summed E-state index contributed by atoms with van der Waals surface area (Å²) in [6.07, 6.45) is 1.18. The van der Waals surface area contributed by atoms with E-state index in [-0.39, 0.29) is 5.91 Å². The molecular formula is C22H23N5O2. The first kappa shape index (κ1) is 20.0. The molecule has 0 radical (unpaired) electrons. The summed E-state index contributed by atoms with van der Waals surface area (Å²) < 4.78 is 6.95. The van der Waals surface area contributed by atoms with Crippen LogP contribution in [-0.2, 0) is 6.42 Å². The second kappa shape index (κ2) is 9.42. The van der Waals surface area contributed by atoms with E-state index in [0.717, 1.165) is 11.4 Å². The minimum absolute atomic E-state index is 0.150. The first-order valence-electron chi connectivity index (χ1n) is 9.48. The van der Waals surface area contributed by atoms with Crippen LogP contribution in [0.2, 0.25) is 0 Å². The van der Waals surface area contributed by atoms with E-state index in [0.29, 0.717) is 48.6 Å². The highest BCUT2D eigenvalue weighted by Gasteiger charge is 2.16. The monoisotopic (exact) mass is 389 g/mol. The van der Waals surface area contributed by atoms with Crippen molar-refractivity contribution in [2.75, 3.05) is 18.9 Å². The quantitative estimate of drug-likeness (QED) is 0.576. The number of para-hydroxylation sites is 1. The molecule has 0 aliphatic carbocycles. The third-order valence-corrected chi connectivity index (χ3v) is 4.41. The summed E-state index contributed by atoms with van der Waals surface area (Å²) in [5.41, 5.74) is 8.49. The molecule has 1 heterocycles. The number of amides is 1. The smallest absolute Gasteiger partial charge is 0.251 e. The van der Waals surface area contributed by atoms with Gasteiger partial charge in [0, 0.05) is 12.1 Å². The molecule has 0 aliphatic rings. The van der Waals surface area contributed by atoms with Gasteiger partial charge in [0.15, 0.2) is 0 Å². The van der Waals surface area contributed by atoms with E-state index in [9.17, 15) is 10.1 Å². The minimum atomic E-state index is -0.150. The Kier molecular flexibility index (Phi) is 6.48. The van der Waals surface area contributed by atoms with Gasteiger partial charge in [-0.05, 0) is 56.2 Å². The maximum absolute atomic E-state index is 12.2. The van der Waals surface area contributed by atoms with E-state index in [4.69, 9.17) is 10.5 Å². The molecule has 3 N–H and O–H groups in total. The molecule has 0 saturated carbocycles. The van der Waals surface area contributed by atoms with Gasteiger partial charge in [-0.15, -0.1) is 0 Å². The van der Waals surface area contributed by atoms with Gasteiger partial charge in [0.05, 0.1) is 18.0 Å². The first-order chi connectivity index (χ1) is 14.1. The van der Waals surface area contributed by atoms with Crippen LogP contribution in [0.25, 0.3) is 5.69 Å². The number of anilines is 1. The Labute approximate surface area is 169 Å². The van der Waals surface area contributed by atoms with Gasteiger partial charge in [-0.3, -0.25) is 4.79 Å². The predicted molar refractivity (Wildman–Crippen MR) is 111 cm³/mol. The van der Waals surface area contributed by atoms with Gasteiger partial charge in [-0.2, -0.15) is 10.4 Å². The molecule has 0 saturated heterocycles. The van der Waals surface area contributed by atoms with Gasteiger partial charge in [-0.25, -0.2) is 4.68 Å². The lowest BCUT2D eigenvalue weighted by molar-refractivity contribution is 0.0953. The van der Waals surface area contributed by atoms with Crippen molar-refractivity contribution in [2.24, 2.45) is 0 Å². The van der Waals surface area contributed by atoms with Crippen molar-refractivity contribution < 1.29 is 9.53 Å². The largest absolute Gasteiger partial charge is 0.494 e. The summed E-state index contributed by atoms with van der Waals surface area (Å²) in [5.74, 6) is 0.912. The van der Waals surface area contributed by atoms with E-state index in [2.05, 4.69) is 16.5 Å². The topological polar surface area (TPSA) is 106 Å². The normalized spacial score (nSPS) is 10.3. The molecule has 0 spiro atoms. The average molecular weight is 389 g/mol. The summed E-state index contributed by atoms with van der Waals surface area (Å²) in [6, 6.07) is 18.6. The molecule has 7 heteroatoms. The van der Waals surface area contributed by atoms with Crippen LogP contribution < -0.4 is 15.8 Å². The maximum atomic E-state index is 12.2. The molecular weight excluding hydrogens is 366 g/mol. The van der Waals surface area contributed by atoms with Crippen molar-refractivity contribution in [3.63, 3.8) is 0 Å². The molecule has 0 atom stereocenters. The van der Waals surface area contributed by atoms with Crippen LogP contribution >= 0.6 is 0 Å². The van der Waals surface area contributed by atoms with Gasteiger partial charge in [0.25, 0.3) is 5.91 Å². The molecule has 29 heavy (non-hydrogen) atoms. The summed E-state index contributed by atoms with van der Waals surface area (Å²) in [5, 5.41) is 16.8. The van der Waals surface area contributed by atoms with E-state index in [1.54, 1.807) is 28.9 Å². The zero-order valence-corrected chi connectivity index (χ0v) is 16.3. The molecule has 2 aromatic carbocycles. The maximum Gasteiger partial charge on any atom is 0.251 e. The lowest BCUT2D eigenvalue weighted by Gasteiger charge is -2.06. The number of nitriles is 1. The van der Waals surface area contributed by atoms with Crippen LogP contribution in [0.4, 0.5) is 5.82 Å². The average Bonchev–Trinajstić information content (AvgIpc) is 3.07. The van der Waals surface area contributed by atoms with Crippen molar-refractivity contribution in [1.29, 1.82) is 5.26 Å². The molecule has 148 valence electrons. The molecule has 0 unspecified atom stereocenters. The fraction of sp³-hybridized carbons (Fsp3) is 0.227. The Morgan fingerprint density at radius 2 is 1.93 bits per heavy atom. The van der Waals surface area contributed by atoms with E-state index < -0.39 is 0 Å². The highest BCUT2D eigenvalue weighted by Crippen LogP contribution is 2.21. The Morgan fingerprint density at radius 3 is 2.59 bits per heavy atom. The molecule has 0 aliphatic heterocycles. The number of nitrogens with zero attached hydrogens (tertiary/aromatic N) is 3. The van der Waals surface area contributed by atoms with Crippen molar-refractivity contribution in [1.82, 2.24) is 15.1 Å². The van der Waals surface area contributed by atoms with Crippen molar-refractivity contribution in [2.45, 2.75) is 19.8 Å². The number of nitrogens with two attached hydrogens (primary N) is 1. The second-order valence-corrected chi connectivity index (χ2v) is 6.38. The van der Waals surface area contributed by atoms with Crippen LogP contribution in [0.5, 0.6) is 5.75 Å². The van der Waals surface area contributed by atoms with E-state index in [1.807, 2.05) is 37.3 Å². The fourth-order valence-corrected chi connectivity index (χ4v) is 2.97. The third kappa shape index (κ3) is 4.74. The zero-order chi connectivity index (χ0) is 20.6. The molecule has 3 rings (SSSR count). The number of nitrogens with one attached hydrogen (secondary N) is 1. The number of hydrogen-bond donors (Lipinski definition) is 2. The number of carbonyl (C=O) groups is 1. The number of benzene rings is 2. The van der Waals surface area contributed by atoms with Crippen LogP contribution in [0.1, 0.15) is 35.0 Å². The summed E-state index contributed by atoms with van der Waals surface area (Å²) in [7, 11) is 0. The number of ether oxygens (including phenoxy) is 1. The van der Waals surface area contributed by atoms with Crippen LogP contribution in [0.3, 0.4) is 0 Å². The highest BCUT2D eigenvalue weighted by atomic mass is 16.5. The standard InChI is InChI=1S/C22H23N5O2/c1-2-29-18-12-10-16(11-13-18)22(28)25-14-6-9-20-19(15-23)21(24)27(26-20)17-7-4-3-5-8-17/h3-5,7-8,10-13H,2,6,9,14,24H2,1H3,(H,25,28). The van der Waals surface area contributed by atoms with Gasteiger partial charge in [0.2, 0.25) is 0 Å². The van der Waals surface area contributed by atoms with Gasteiger partial charge >= 0.3 is 0 Å². The molecule has 1 aromatic heterocycles. The number of nitrogen functional groups attached to an aromatic ring is 1.